The molecule has 0 spiro atoms. The summed E-state index contributed by atoms with van der Waals surface area (Å²) in [4.78, 5) is 14.0. The molecule has 0 fully saturated rings. The lowest BCUT2D eigenvalue weighted by Gasteiger charge is -2.17. The van der Waals surface area contributed by atoms with Crippen LogP contribution in [-0.2, 0) is 13.6 Å². The van der Waals surface area contributed by atoms with Crippen molar-refractivity contribution in [1.82, 2.24) is 9.47 Å². The molecule has 2 rings (SSSR count). The number of amides is 1. The summed E-state index contributed by atoms with van der Waals surface area (Å²) >= 11 is 0. The molecule has 0 aliphatic carbocycles. The monoisotopic (exact) mass is 281 g/mol. The highest BCUT2D eigenvalue weighted by molar-refractivity contribution is 5.92. The summed E-state index contributed by atoms with van der Waals surface area (Å²) in [6.07, 6.45) is 1.87. The molecular formula is C17H19N3O. The molecule has 2 N–H and O–H groups in total. The minimum atomic E-state index is 0.00880. The molecule has 0 atom stereocenters. The fourth-order valence-electron chi connectivity index (χ4n) is 2.07. The van der Waals surface area contributed by atoms with Crippen LogP contribution < -0.4 is 5.73 Å². The summed E-state index contributed by atoms with van der Waals surface area (Å²) in [6.45, 7) is 0.921. The van der Waals surface area contributed by atoms with Crippen LogP contribution in [0.25, 0.3) is 0 Å². The Morgan fingerprint density at radius 1 is 1.29 bits per heavy atom. The maximum absolute atomic E-state index is 12.3. The van der Waals surface area contributed by atoms with E-state index < -0.39 is 0 Å². The largest absolute Gasteiger partial charge is 0.347 e. The average molecular weight is 281 g/mol. The smallest absolute Gasteiger partial charge is 0.270 e. The van der Waals surface area contributed by atoms with Crippen LogP contribution in [0.5, 0.6) is 0 Å². The van der Waals surface area contributed by atoms with Crippen molar-refractivity contribution in [3.63, 3.8) is 0 Å². The van der Waals surface area contributed by atoms with Gasteiger partial charge in [0.25, 0.3) is 5.91 Å². The van der Waals surface area contributed by atoms with Crippen molar-refractivity contribution < 1.29 is 4.79 Å². The van der Waals surface area contributed by atoms with Gasteiger partial charge in [-0.25, -0.2) is 0 Å². The second-order valence-electron chi connectivity index (χ2n) is 4.87. The molecule has 2 aromatic rings. The average Bonchev–Trinajstić information content (AvgIpc) is 2.92. The lowest BCUT2D eigenvalue weighted by Crippen LogP contribution is -2.27. The highest BCUT2D eigenvalue weighted by Gasteiger charge is 2.14. The zero-order valence-electron chi connectivity index (χ0n) is 12.3. The standard InChI is InChI=1S/C17H19N3O/c1-19-12-4-6-16(19)17(21)20(2)13-15-9-7-14(8-10-15)5-3-11-18/h4,6-10,12H,11,13,18H2,1-2H3. The van der Waals surface area contributed by atoms with Gasteiger partial charge in [0.1, 0.15) is 5.69 Å². The third-order valence-corrected chi connectivity index (χ3v) is 3.22. The van der Waals surface area contributed by atoms with Crippen molar-refractivity contribution in [3.05, 3.63) is 59.4 Å². The second-order valence-corrected chi connectivity index (χ2v) is 4.87. The predicted molar refractivity (Wildman–Crippen MR) is 83.6 cm³/mol. The summed E-state index contributed by atoms with van der Waals surface area (Å²) in [5.74, 6) is 5.81. The van der Waals surface area contributed by atoms with Crippen molar-refractivity contribution >= 4 is 5.91 Å². The van der Waals surface area contributed by atoms with Crippen LogP contribution in [0.15, 0.2) is 42.6 Å². The zero-order valence-corrected chi connectivity index (χ0v) is 12.3. The maximum Gasteiger partial charge on any atom is 0.270 e. The third kappa shape index (κ3) is 3.74. The number of rotatable bonds is 3. The maximum atomic E-state index is 12.3. The van der Waals surface area contributed by atoms with Crippen LogP contribution in [0.4, 0.5) is 0 Å². The fourth-order valence-corrected chi connectivity index (χ4v) is 2.07. The predicted octanol–water partition coefficient (Wildman–Crippen LogP) is 1.61. The molecule has 1 amide bonds. The van der Waals surface area contributed by atoms with E-state index in [0.717, 1.165) is 11.1 Å². The number of hydrogen-bond donors (Lipinski definition) is 1. The van der Waals surface area contributed by atoms with E-state index in [4.69, 9.17) is 5.73 Å². The van der Waals surface area contributed by atoms with E-state index in [1.165, 1.54) is 0 Å². The lowest BCUT2D eigenvalue weighted by molar-refractivity contribution is 0.0775. The molecule has 4 nitrogen and oxygen atoms in total. The van der Waals surface area contributed by atoms with Gasteiger partial charge in [0.15, 0.2) is 0 Å². The SMILES string of the molecule is CN(Cc1ccc(C#CCN)cc1)C(=O)c1cccn1C. The quantitative estimate of drug-likeness (QED) is 0.869. The van der Waals surface area contributed by atoms with Crippen molar-refractivity contribution in [2.24, 2.45) is 12.8 Å². The molecular weight excluding hydrogens is 262 g/mol. The number of aromatic nitrogens is 1. The van der Waals surface area contributed by atoms with Crippen LogP contribution in [0.1, 0.15) is 21.6 Å². The van der Waals surface area contributed by atoms with E-state index >= 15 is 0 Å². The zero-order chi connectivity index (χ0) is 15.2. The molecule has 0 saturated carbocycles. The van der Waals surface area contributed by atoms with E-state index in [1.807, 2.05) is 54.2 Å². The third-order valence-electron chi connectivity index (χ3n) is 3.22. The van der Waals surface area contributed by atoms with Gasteiger partial charge >= 0.3 is 0 Å². The minimum Gasteiger partial charge on any atom is -0.347 e. The van der Waals surface area contributed by atoms with Gasteiger partial charge in [0, 0.05) is 32.4 Å². The summed E-state index contributed by atoms with van der Waals surface area (Å²) in [5, 5.41) is 0. The van der Waals surface area contributed by atoms with E-state index in [9.17, 15) is 4.79 Å². The first-order valence-corrected chi connectivity index (χ1v) is 6.76. The number of carbonyl (C=O) groups excluding carboxylic acids is 1. The lowest BCUT2D eigenvalue weighted by atomic mass is 10.1. The number of nitrogens with two attached hydrogens (primary N) is 1. The first kappa shape index (κ1) is 14.9. The Balaban J connectivity index is 2.04. The molecule has 1 heterocycles. The van der Waals surface area contributed by atoms with E-state index in [0.29, 0.717) is 18.8 Å². The molecule has 0 unspecified atom stereocenters. The molecule has 0 aliphatic rings. The molecule has 0 saturated heterocycles. The molecule has 0 radical (unpaired) electrons. The van der Waals surface area contributed by atoms with E-state index in [2.05, 4.69) is 11.8 Å². The van der Waals surface area contributed by atoms with Crippen LogP contribution in [0.2, 0.25) is 0 Å². The Morgan fingerprint density at radius 2 is 2.00 bits per heavy atom. The topological polar surface area (TPSA) is 51.3 Å². The number of benzene rings is 1. The van der Waals surface area contributed by atoms with Gasteiger partial charge in [-0.2, -0.15) is 0 Å². The summed E-state index contributed by atoms with van der Waals surface area (Å²) < 4.78 is 1.82. The molecule has 21 heavy (non-hydrogen) atoms. The molecule has 1 aromatic heterocycles. The Kier molecular flexibility index (Phi) is 4.81. The highest BCUT2D eigenvalue weighted by Crippen LogP contribution is 2.09. The minimum absolute atomic E-state index is 0.00880. The van der Waals surface area contributed by atoms with Crippen molar-refractivity contribution in [2.75, 3.05) is 13.6 Å². The van der Waals surface area contributed by atoms with Gasteiger partial charge in [-0.1, -0.05) is 24.0 Å². The van der Waals surface area contributed by atoms with Crippen LogP contribution >= 0.6 is 0 Å². The van der Waals surface area contributed by atoms with Crippen LogP contribution in [0, 0.1) is 11.8 Å². The molecule has 4 heteroatoms. The number of nitrogens with zero attached hydrogens (tertiary/aromatic N) is 2. The summed E-state index contributed by atoms with van der Waals surface area (Å²) in [7, 11) is 3.67. The van der Waals surface area contributed by atoms with Gasteiger partial charge in [-0.3, -0.25) is 4.79 Å². The van der Waals surface area contributed by atoms with Gasteiger partial charge < -0.3 is 15.2 Å². The first-order valence-electron chi connectivity index (χ1n) is 6.76. The van der Waals surface area contributed by atoms with E-state index in [1.54, 1.807) is 11.9 Å². The highest BCUT2D eigenvalue weighted by atomic mass is 16.2. The number of hydrogen-bond acceptors (Lipinski definition) is 2. The molecule has 0 bridgehead atoms. The van der Waals surface area contributed by atoms with Gasteiger partial charge in [-0.15, -0.1) is 0 Å². The van der Waals surface area contributed by atoms with Crippen LogP contribution in [0.3, 0.4) is 0 Å². The second kappa shape index (κ2) is 6.78. The van der Waals surface area contributed by atoms with Crippen molar-refractivity contribution in [2.45, 2.75) is 6.54 Å². The normalized spacial score (nSPS) is 9.86. The Bertz CT molecular complexity index is 674. The van der Waals surface area contributed by atoms with Crippen molar-refractivity contribution in [3.8, 4) is 11.8 Å². The molecule has 108 valence electrons. The Hall–Kier alpha value is -2.51. The van der Waals surface area contributed by atoms with Gasteiger partial charge in [-0.05, 0) is 29.8 Å². The first-order chi connectivity index (χ1) is 10.1. The van der Waals surface area contributed by atoms with Gasteiger partial charge in [0.05, 0.1) is 6.54 Å². The Morgan fingerprint density at radius 3 is 2.57 bits per heavy atom. The molecule has 1 aromatic carbocycles. The Labute approximate surface area is 125 Å². The van der Waals surface area contributed by atoms with Crippen molar-refractivity contribution in [1.29, 1.82) is 0 Å². The van der Waals surface area contributed by atoms with Crippen LogP contribution in [-0.4, -0.2) is 29.0 Å². The summed E-state index contributed by atoms with van der Waals surface area (Å²) in [5.41, 5.74) is 8.03. The summed E-state index contributed by atoms with van der Waals surface area (Å²) in [6, 6.07) is 11.5. The van der Waals surface area contributed by atoms with Gasteiger partial charge in [0.2, 0.25) is 0 Å². The van der Waals surface area contributed by atoms with E-state index in [-0.39, 0.29) is 5.91 Å². The fraction of sp³-hybridized carbons (Fsp3) is 0.235. The number of aryl methyl sites for hydroxylation is 1. The molecule has 0 aliphatic heterocycles. The number of carbonyl (C=O) groups is 1.